The van der Waals surface area contributed by atoms with Crippen LogP contribution in [-0.4, -0.2) is 13.4 Å². The molecule has 0 amide bonds. The van der Waals surface area contributed by atoms with Gasteiger partial charge in [-0.15, -0.1) is 4.83 Å². The van der Waals surface area contributed by atoms with Crippen molar-refractivity contribution in [3.8, 4) is 0 Å². The second-order valence-corrected chi connectivity index (χ2v) is 6.36. The molecule has 0 unspecified atom stereocenters. The molecule has 1 aromatic carbocycles. The number of hydrazine groups is 1. The van der Waals surface area contributed by atoms with Gasteiger partial charge in [0.25, 0.3) is 10.0 Å². The highest BCUT2D eigenvalue weighted by molar-refractivity contribution is 7.89. The van der Waals surface area contributed by atoms with Gasteiger partial charge in [-0.2, -0.15) is 0 Å². The third-order valence-corrected chi connectivity index (χ3v) is 4.39. The van der Waals surface area contributed by atoms with Gasteiger partial charge in [-0.05, 0) is 43.2 Å². The lowest BCUT2D eigenvalue weighted by molar-refractivity contribution is 0.575. The highest BCUT2D eigenvalue weighted by Crippen LogP contribution is 2.16. The third-order valence-electron chi connectivity index (χ3n) is 3.00. The predicted octanol–water partition coefficient (Wildman–Crippen LogP) is 2.15. The molecule has 0 saturated heterocycles. The molecule has 1 heterocycles. The monoisotopic (exact) mass is 303 g/mol. The van der Waals surface area contributed by atoms with E-state index in [0.29, 0.717) is 11.3 Å². The Morgan fingerprint density at radius 1 is 1.14 bits per heavy atom. The van der Waals surface area contributed by atoms with Crippen molar-refractivity contribution in [2.24, 2.45) is 0 Å². The first-order valence-corrected chi connectivity index (χ1v) is 7.83. The Morgan fingerprint density at radius 2 is 1.81 bits per heavy atom. The number of sulfonamides is 1. The van der Waals surface area contributed by atoms with Crippen LogP contribution in [0.1, 0.15) is 16.7 Å². The van der Waals surface area contributed by atoms with Gasteiger partial charge in [0.05, 0.1) is 4.90 Å². The predicted molar refractivity (Wildman–Crippen MR) is 82.6 cm³/mol. The molecule has 0 bridgehead atoms. The number of pyridine rings is 1. The zero-order chi connectivity index (χ0) is 15.5. The highest BCUT2D eigenvalue weighted by Gasteiger charge is 2.16. The fourth-order valence-corrected chi connectivity index (χ4v) is 3.01. The molecular weight excluding hydrogens is 286 g/mol. The van der Waals surface area contributed by atoms with Gasteiger partial charge in [0.15, 0.2) is 0 Å². The summed E-state index contributed by atoms with van der Waals surface area (Å²) in [4.78, 5) is 6.49. The van der Waals surface area contributed by atoms with Crippen molar-refractivity contribution in [3.63, 3.8) is 0 Å². The minimum atomic E-state index is -3.65. The average molecular weight is 303 g/mol. The third kappa shape index (κ3) is 3.68. The molecule has 0 aliphatic carbocycles. The Labute approximate surface area is 124 Å². The van der Waals surface area contributed by atoms with Crippen LogP contribution in [0.15, 0.2) is 54.2 Å². The summed E-state index contributed by atoms with van der Waals surface area (Å²) < 4.78 is 24.6. The topological polar surface area (TPSA) is 71.1 Å². The summed E-state index contributed by atoms with van der Waals surface area (Å²) in [5, 5.41) is 0. The standard InChI is InChI=1S/C15H17N3O2S/c1-11-4-5-12(2)15(10-11)21(19,20)18-17-13(3)14-6-8-16-9-7-14/h4-10,17-18H,3H2,1-2H3. The van der Waals surface area contributed by atoms with E-state index < -0.39 is 10.0 Å². The molecule has 6 heteroatoms. The van der Waals surface area contributed by atoms with Gasteiger partial charge in [0.2, 0.25) is 0 Å². The van der Waals surface area contributed by atoms with E-state index in [1.807, 2.05) is 13.0 Å². The molecular formula is C15H17N3O2S. The average Bonchev–Trinajstić information content (AvgIpc) is 2.48. The van der Waals surface area contributed by atoms with Crippen LogP contribution in [-0.2, 0) is 10.0 Å². The molecule has 0 spiro atoms. The van der Waals surface area contributed by atoms with Crippen molar-refractivity contribution in [1.29, 1.82) is 0 Å². The SMILES string of the molecule is C=C(NNS(=O)(=O)c1cc(C)ccc1C)c1ccncc1. The summed E-state index contributed by atoms with van der Waals surface area (Å²) in [5.74, 6) is 0. The normalized spacial score (nSPS) is 11.1. The van der Waals surface area contributed by atoms with Gasteiger partial charge in [0, 0.05) is 23.7 Å². The molecule has 0 aliphatic heterocycles. The van der Waals surface area contributed by atoms with E-state index in [-0.39, 0.29) is 4.90 Å². The summed E-state index contributed by atoms with van der Waals surface area (Å²) in [6.07, 6.45) is 3.22. The van der Waals surface area contributed by atoms with Crippen molar-refractivity contribution in [1.82, 2.24) is 15.2 Å². The number of nitrogens with zero attached hydrogens (tertiary/aromatic N) is 1. The molecule has 21 heavy (non-hydrogen) atoms. The molecule has 2 rings (SSSR count). The van der Waals surface area contributed by atoms with Crippen molar-refractivity contribution < 1.29 is 8.42 Å². The van der Waals surface area contributed by atoms with Crippen molar-refractivity contribution in [2.45, 2.75) is 18.7 Å². The lowest BCUT2D eigenvalue weighted by Crippen LogP contribution is -2.36. The zero-order valence-electron chi connectivity index (χ0n) is 11.9. The molecule has 0 aliphatic rings. The highest BCUT2D eigenvalue weighted by atomic mass is 32.2. The lowest BCUT2D eigenvalue weighted by Gasteiger charge is -2.13. The molecule has 0 fully saturated rings. The second kappa shape index (κ2) is 6.07. The molecule has 2 N–H and O–H groups in total. The van der Waals surface area contributed by atoms with Gasteiger partial charge in [-0.25, -0.2) is 8.42 Å². The molecule has 0 saturated carbocycles. The van der Waals surface area contributed by atoms with Crippen molar-refractivity contribution >= 4 is 15.7 Å². The number of benzene rings is 1. The minimum Gasteiger partial charge on any atom is -0.308 e. The van der Waals surface area contributed by atoms with Gasteiger partial charge >= 0.3 is 0 Å². The van der Waals surface area contributed by atoms with Crippen LogP contribution in [0.25, 0.3) is 5.70 Å². The minimum absolute atomic E-state index is 0.248. The van der Waals surface area contributed by atoms with E-state index in [0.717, 1.165) is 11.1 Å². The number of aryl methyl sites for hydroxylation is 2. The molecule has 5 nitrogen and oxygen atoms in total. The smallest absolute Gasteiger partial charge is 0.257 e. The number of aromatic nitrogens is 1. The maximum atomic E-state index is 12.3. The summed E-state index contributed by atoms with van der Waals surface area (Å²) in [5.41, 5.74) is 5.40. The van der Waals surface area contributed by atoms with E-state index in [1.54, 1.807) is 43.6 Å². The Kier molecular flexibility index (Phi) is 4.40. The van der Waals surface area contributed by atoms with Crippen LogP contribution < -0.4 is 10.3 Å². The Morgan fingerprint density at radius 3 is 2.48 bits per heavy atom. The quantitative estimate of drug-likeness (QED) is 0.830. The largest absolute Gasteiger partial charge is 0.308 e. The van der Waals surface area contributed by atoms with Crippen molar-refractivity contribution in [3.05, 3.63) is 66.0 Å². The summed E-state index contributed by atoms with van der Waals surface area (Å²) in [6, 6.07) is 8.76. The van der Waals surface area contributed by atoms with Gasteiger partial charge in [-0.1, -0.05) is 18.7 Å². The van der Waals surface area contributed by atoms with E-state index in [9.17, 15) is 8.42 Å². The fourth-order valence-electron chi connectivity index (χ4n) is 1.81. The van der Waals surface area contributed by atoms with E-state index in [1.165, 1.54) is 0 Å². The van der Waals surface area contributed by atoms with Gasteiger partial charge in [-0.3, -0.25) is 4.98 Å². The molecule has 1 aromatic heterocycles. The van der Waals surface area contributed by atoms with Crippen molar-refractivity contribution in [2.75, 3.05) is 0 Å². The van der Waals surface area contributed by atoms with Crippen LogP contribution in [0.3, 0.4) is 0 Å². The Balaban J connectivity index is 2.15. The zero-order valence-corrected chi connectivity index (χ0v) is 12.7. The Bertz CT molecular complexity index is 756. The summed E-state index contributed by atoms with van der Waals surface area (Å²) in [6.45, 7) is 7.40. The molecule has 110 valence electrons. The van der Waals surface area contributed by atoms with Crippen LogP contribution in [0, 0.1) is 13.8 Å². The van der Waals surface area contributed by atoms with Crippen LogP contribution in [0.4, 0.5) is 0 Å². The fraction of sp³-hybridized carbons (Fsp3) is 0.133. The lowest BCUT2D eigenvalue weighted by atomic mass is 10.2. The molecule has 2 aromatic rings. The maximum Gasteiger partial charge on any atom is 0.257 e. The van der Waals surface area contributed by atoms with Crippen LogP contribution in [0.2, 0.25) is 0 Å². The van der Waals surface area contributed by atoms with Crippen LogP contribution >= 0.6 is 0 Å². The number of hydrogen-bond acceptors (Lipinski definition) is 4. The first kappa shape index (κ1) is 15.2. The first-order chi connectivity index (χ1) is 9.90. The van der Waals surface area contributed by atoms with Gasteiger partial charge in [0.1, 0.15) is 0 Å². The molecule has 0 atom stereocenters. The Hall–Kier alpha value is -2.18. The number of nitrogens with one attached hydrogen (secondary N) is 2. The van der Waals surface area contributed by atoms with Crippen LogP contribution in [0.5, 0.6) is 0 Å². The molecule has 0 radical (unpaired) electrons. The van der Waals surface area contributed by atoms with Gasteiger partial charge < -0.3 is 5.43 Å². The van der Waals surface area contributed by atoms with E-state index in [2.05, 4.69) is 21.8 Å². The number of rotatable bonds is 5. The second-order valence-electron chi connectivity index (χ2n) is 4.71. The van der Waals surface area contributed by atoms with E-state index >= 15 is 0 Å². The first-order valence-electron chi connectivity index (χ1n) is 6.34. The summed E-state index contributed by atoms with van der Waals surface area (Å²) >= 11 is 0. The van der Waals surface area contributed by atoms with E-state index in [4.69, 9.17) is 0 Å². The summed E-state index contributed by atoms with van der Waals surface area (Å²) in [7, 11) is -3.65. The number of hydrogen-bond donors (Lipinski definition) is 2. The maximum absolute atomic E-state index is 12.3.